The lowest BCUT2D eigenvalue weighted by Crippen LogP contribution is -2.29. The zero-order valence-electron chi connectivity index (χ0n) is 4.41. The predicted octanol–water partition coefficient (Wildman–Crippen LogP) is 0.165. The Kier molecular flexibility index (Phi) is 1.22. The van der Waals surface area contributed by atoms with E-state index in [9.17, 15) is 9.60 Å². The van der Waals surface area contributed by atoms with E-state index in [4.69, 9.17) is 5.11 Å². The summed E-state index contributed by atoms with van der Waals surface area (Å²) in [6.07, 6.45) is 0.745. The number of aromatic hydroxyl groups is 1. The molecule has 1 aromatic heterocycles. The van der Waals surface area contributed by atoms with E-state index >= 15 is 0 Å². The molecule has 0 unspecified atom stereocenters. The zero-order valence-corrected chi connectivity index (χ0v) is 4.41. The van der Waals surface area contributed by atoms with Crippen LogP contribution in [0.2, 0.25) is 0 Å². The molecule has 0 spiro atoms. The van der Waals surface area contributed by atoms with Crippen molar-refractivity contribution in [1.29, 1.82) is 0 Å². The van der Waals surface area contributed by atoms with Crippen LogP contribution in [0.15, 0.2) is 18.3 Å². The fourth-order valence-corrected chi connectivity index (χ4v) is 0.452. The summed E-state index contributed by atoms with van der Waals surface area (Å²) in [7, 11) is 0. The smallest absolute Gasteiger partial charge is 0.371 e. The molecule has 0 radical (unpaired) electrons. The van der Waals surface area contributed by atoms with Crippen LogP contribution in [0.4, 0.5) is 4.39 Å². The van der Waals surface area contributed by atoms with Crippen LogP contribution in [-0.4, -0.2) is 5.11 Å². The molecule has 0 saturated carbocycles. The molecule has 48 valence electrons. The van der Waals surface area contributed by atoms with Gasteiger partial charge in [0.2, 0.25) is 6.20 Å². The van der Waals surface area contributed by atoms with E-state index in [1.807, 2.05) is 0 Å². The molecule has 3 nitrogen and oxygen atoms in total. The number of rotatable bonds is 0. The number of hydrogen-bond acceptors (Lipinski definition) is 2. The Balaban J connectivity index is 3.17. The van der Waals surface area contributed by atoms with Crippen molar-refractivity contribution in [3.63, 3.8) is 0 Å². The summed E-state index contributed by atoms with van der Waals surface area (Å²) in [6.45, 7) is 0. The van der Waals surface area contributed by atoms with E-state index in [1.54, 1.807) is 0 Å². The van der Waals surface area contributed by atoms with Gasteiger partial charge >= 0.3 is 5.95 Å². The lowest BCUT2D eigenvalue weighted by molar-refractivity contribution is -0.637. The number of pyridine rings is 1. The van der Waals surface area contributed by atoms with Gasteiger partial charge in [-0.2, -0.15) is 0 Å². The quantitative estimate of drug-likeness (QED) is 0.308. The second-order valence-corrected chi connectivity index (χ2v) is 1.54. The van der Waals surface area contributed by atoms with Crippen LogP contribution < -0.4 is 4.73 Å². The van der Waals surface area contributed by atoms with Gasteiger partial charge in [-0.3, -0.25) is 0 Å². The van der Waals surface area contributed by atoms with Gasteiger partial charge in [0.05, 0.1) is 0 Å². The van der Waals surface area contributed by atoms with E-state index in [1.165, 1.54) is 0 Å². The summed E-state index contributed by atoms with van der Waals surface area (Å²) < 4.78 is 12.0. The van der Waals surface area contributed by atoms with Gasteiger partial charge in [-0.05, 0) is 6.07 Å². The van der Waals surface area contributed by atoms with Crippen molar-refractivity contribution in [1.82, 2.24) is 0 Å². The molecule has 0 aliphatic rings. The summed E-state index contributed by atoms with van der Waals surface area (Å²) in [6, 6.07) is 1.99. The summed E-state index contributed by atoms with van der Waals surface area (Å²) in [5, 5.41) is 18.8. The van der Waals surface area contributed by atoms with Crippen LogP contribution in [0.1, 0.15) is 0 Å². The maximum atomic E-state index is 12.0. The molecule has 0 aliphatic carbocycles. The first-order valence-electron chi connectivity index (χ1n) is 2.28. The minimum atomic E-state index is -0.923. The van der Waals surface area contributed by atoms with Crippen molar-refractivity contribution in [3.05, 3.63) is 29.5 Å². The maximum absolute atomic E-state index is 12.0. The van der Waals surface area contributed by atoms with Crippen molar-refractivity contribution in [3.8, 4) is 5.75 Å². The Bertz CT molecular complexity index is 226. The number of halogens is 1. The average Bonchev–Trinajstić information content (AvgIpc) is 1.80. The van der Waals surface area contributed by atoms with Gasteiger partial charge < -0.3 is 10.3 Å². The zero-order chi connectivity index (χ0) is 6.85. The van der Waals surface area contributed by atoms with Crippen molar-refractivity contribution >= 4 is 0 Å². The summed E-state index contributed by atoms with van der Waals surface area (Å²) in [4.78, 5) is 0. The van der Waals surface area contributed by atoms with E-state index in [2.05, 4.69) is 0 Å². The lowest BCUT2D eigenvalue weighted by atomic mass is 10.5. The molecule has 0 bridgehead atoms. The molecule has 0 saturated heterocycles. The third kappa shape index (κ3) is 1.07. The largest absolute Gasteiger partial charge is 0.617 e. The Morgan fingerprint density at radius 2 is 2.22 bits per heavy atom. The number of aromatic nitrogens is 1. The standard InChI is InChI=1S/C5H4FNO2/c6-5-2-1-4(8)3-7(5)9/h1-3,8H. The van der Waals surface area contributed by atoms with Crippen molar-refractivity contribution < 1.29 is 14.2 Å². The fourth-order valence-electron chi connectivity index (χ4n) is 0.452. The summed E-state index contributed by atoms with van der Waals surface area (Å²) >= 11 is 0. The Hall–Kier alpha value is -1.32. The normalized spacial score (nSPS) is 9.44. The lowest BCUT2D eigenvalue weighted by Gasteiger charge is -1.94. The molecule has 0 atom stereocenters. The van der Waals surface area contributed by atoms with E-state index in [0.29, 0.717) is 0 Å². The molecule has 9 heavy (non-hydrogen) atoms. The third-order valence-corrected chi connectivity index (χ3v) is 0.852. The molecule has 0 aromatic carbocycles. The van der Waals surface area contributed by atoms with E-state index in [-0.39, 0.29) is 10.5 Å². The van der Waals surface area contributed by atoms with Gasteiger partial charge in [-0.25, -0.2) is 0 Å². The number of nitrogens with zero attached hydrogens (tertiary/aromatic N) is 1. The molecular weight excluding hydrogens is 125 g/mol. The second-order valence-electron chi connectivity index (χ2n) is 1.54. The van der Waals surface area contributed by atoms with Crippen LogP contribution in [-0.2, 0) is 0 Å². The molecule has 0 amide bonds. The van der Waals surface area contributed by atoms with Crippen molar-refractivity contribution in [2.75, 3.05) is 0 Å². The molecular formula is C5H4FNO2. The van der Waals surface area contributed by atoms with Crippen LogP contribution in [0.5, 0.6) is 5.75 Å². The molecule has 1 N–H and O–H groups in total. The third-order valence-electron chi connectivity index (χ3n) is 0.852. The SMILES string of the molecule is [O-][n+]1cc(O)ccc1F. The molecule has 0 aliphatic heterocycles. The summed E-state index contributed by atoms with van der Waals surface area (Å²) in [5.74, 6) is -1.17. The van der Waals surface area contributed by atoms with E-state index < -0.39 is 5.95 Å². The molecule has 0 fully saturated rings. The highest BCUT2D eigenvalue weighted by Gasteiger charge is 2.01. The highest BCUT2D eigenvalue weighted by molar-refractivity contribution is 5.10. The monoisotopic (exact) mass is 129 g/mol. The minimum absolute atomic E-state index is 0.0463. The van der Waals surface area contributed by atoms with Gasteiger partial charge in [-0.15, -0.1) is 9.12 Å². The van der Waals surface area contributed by atoms with Crippen LogP contribution in [0.25, 0.3) is 0 Å². The van der Waals surface area contributed by atoms with Gasteiger partial charge in [0.1, 0.15) is 0 Å². The average molecular weight is 129 g/mol. The Labute approximate surface area is 50.6 Å². The second kappa shape index (κ2) is 1.89. The highest BCUT2D eigenvalue weighted by Crippen LogP contribution is 2.01. The molecule has 1 heterocycles. The first-order chi connectivity index (χ1) is 4.20. The first kappa shape index (κ1) is 5.81. The van der Waals surface area contributed by atoms with Gasteiger partial charge in [-0.1, -0.05) is 0 Å². The van der Waals surface area contributed by atoms with Gasteiger partial charge in [0.25, 0.3) is 0 Å². The Morgan fingerprint density at radius 1 is 1.56 bits per heavy atom. The fraction of sp³-hybridized carbons (Fsp3) is 0. The van der Waals surface area contributed by atoms with E-state index in [0.717, 1.165) is 18.3 Å². The van der Waals surface area contributed by atoms with Gasteiger partial charge in [0.15, 0.2) is 5.75 Å². The van der Waals surface area contributed by atoms with Crippen LogP contribution >= 0.6 is 0 Å². The predicted molar refractivity (Wildman–Crippen MR) is 27.0 cm³/mol. The summed E-state index contributed by atoms with van der Waals surface area (Å²) in [5.41, 5.74) is 0. The molecule has 4 heteroatoms. The van der Waals surface area contributed by atoms with Crippen LogP contribution in [0.3, 0.4) is 0 Å². The number of hydrogen-bond donors (Lipinski definition) is 1. The molecule has 1 aromatic rings. The molecule has 1 rings (SSSR count). The first-order valence-corrected chi connectivity index (χ1v) is 2.28. The van der Waals surface area contributed by atoms with Crippen molar-refractivity contribution in [2.24, 2.45) is 0 Å². The van der Waals surface area contributed by atoms with Crippen molar-refractivity contribution in [2.45, 2.75) is 0 Å². The van der Waals surface area contributed by atoms with Gasteiger partial charge in [0, 0.05) is 6.07 Å². The topological polar surface area (TPSA) is 47.2 Å². The minimum Gasteiger partial charge on any atom is -0.617 e. The Morgan fingerprint density at radius 3 is 2.67 bits per heavy atom. The highest BCUT2D eigenvalue weighted by atomic mass is 19.1. The maximum Gasteiger partial charge on any atom is 0.371 e. The van der Waals surface area contributed by atoms with Crippen LogP contribution in [0, 0.1) is 11.2 Å².